The zero-order chi connectivity index (χ0) is 26.5. The van der Waals surface area contributed by atoms with Gasteiger partial charge in [-0.1, -0.05) is 24.3 Å². The summed E-state index contributed by atoms with van der Waals surface area (Å²) in [6.07, 6.45) is 5.08. The van der Waals surface area contributed by atoms with Crippen molar-refractivity contribution in [3.8, 4) is 11.5 Å². The Labute approximate surface area is 226 Å². The van der Waals surface area contributed by atoms with Crippen molar-refractivity contribution in [3.05, 3.63) is 87.6 Å². The molecule has 1 aromatic heterocycles. The maximum atomic E-state index is 13.4. The lowest BCUT2D eigenvalue weighted by atomic mass is 9.77. The predicted molar refractivity (Wildman–Crippen MR) is 147 cm³/mol. The number of rotatable bonds is 8. The van der Waals surface area contributed by atoms with E-state index in [-0.39, 0.29) is 30.9 Å². The fourth-order valence-corrected chi connectivity index (χ4v) is 5.73. The molecule has 7 nitrogen and oxygen atoms in total. The van der Waals surface area contributed by atoms with E-state index < -0.39 is 5.97 Å². The molecule has 2 heterocycles. The summed E-state index contributed by atoms with van der Waals surface area (Å²) in [7, 11) is 3.28. The summed E-state index contributed by atoms with van der Waals surface area (Å²) in [5.74, 6) is 0.831. The molecule has 3 aromatic rings. The van der Waals surface area contributed by atoms with Crippen LogP contribution in [-0.2, 0) is 20.7 Å². The topological polar surface area (TPSA) is 77.4 Å². The Hall–Kier alpha value is -3.91. The summed E-state index contributed by atoms with van der Waals surface area (Å²) < 4.78 is 16.0. The summed E-state index contributed by atoms with van der Waals surface area (Å²) in [6, 6.07) is 17.2. The van der Waals surface area contributed by atoms with Gasteiger partial charge < -0.3 is 14.2 Å². The van der Waals surface area contributed by atoms with Gasteiger partial charge in [0.05, 0.1) is 32.4 Å². The van der Waals surface area contributed by atoms with E-state index >= 15 is 0 Å². The number of allylic oxidation sites excluding steroid dienone is 1. The molecular formula is C30H30N2O5S. The average Bonchev–Trinajstić information content (AvgIpc) is 3.61. The monoisotopic (exact) mass is 530 g/mol. The number of ether oxygens (including phenoxy) is 3. The maximum absolute atomic E-state index is 13.4. The van der Waals surface area contributed by atoms with Gasteiger partial charge in [-0.2, -0.15) is 16.4 Å². The van der Waals surface area contributed by atoms with Gasteiger partial charge in [0.2, 0.25) is 0 Å². The van der Waals surface area contributed by atoms with E-state index in [9.17, 15) is 9.59 Å². The van der Waals surface area contributed by atoms with Crippen LogP contribution in [0.2, 0.25) is 0 Å². The summed E-state index contributed by atoms with van der Waals surface area (Å²) in [5.41, 5.74) is 4.94. The lowest BCUT2D eigenvalue weighted by molar-refractivity contribution is -0.152. The van der Waals surface area contributed by atoms with E-state index in [0.29, 0.717) is 0 Å². The fourth-order valence-electron chi connectivity index (χ4n) is 5.06. The molecular weight excluding hydrogens is 500 g/mol. The van der Waals surface area contributed by atoms with E-state index in [1.54, 1.807) is 14.2 Å². The van der Waals surface area contributed by atoms with Gasteiger partial charge >= 0.3 is 5.97 Å². The third kappa shape index (κ3) is 5.65. The van der Waals surface area contributed by atoms with Gasteiger partial charge in [-0.25, -0.2) is 5.01 Å². The molecule has 196 valence electrons. The molecule has 0 bridgehead atoms. The van der Waals surface area contributed by atoms with Crippen LogP contribution in [0.25, 0.3) is 6.08 Å². The van der Waals surface area contributed by atoms with E-state index in [1.807, 2.05) is 65.4 Å². The summed E-state index contributed by atoms with van der Waals surface area (Å²) in [4.78, 5) is 25.8. The molecule has 2 unspecified atom stereocenters. The fraction of sp³-hybridized carbons (Fsp3) is 0.300. The number of methoxy groups -OCH3 is 2. The van der Waals surface area contributed by atoms with Crippen LogP contribution in [0.5, 0.6) is 11.5 Å². The van der Waals surface area contributed by atoms with Crippen molar-refractivity contribution in [1.29, 1.82) is 0 Å². The first kappa shape index (κ1) is 25.7. The van der Waals surface area contributed by atoms with E-state index in [0.717, 1.165) is 58.7 Å². The van der Waals surface area contributed by atoms with Crippen LogP contribution < -0.4 is 9.47 Å². The highest BCUT2D eigenvalue weighted by molar-refractivity contribution is 7.08. The number of thiophene rings is 1. The van der Waals surface area contributed by atoms with Crippen molar-refractivity contribution in [1.82, 2.24) is 5.01 Å². The number of hydrazone groups is 1. The van der Waals surface area contributed by atoms with Crippen molar-refractivity contribution < 1.29 is 23.8 Å². The van der Waals surface area contributed by atoms with Crippen LogP contribution >= 0.6 is 11.3 Å². The zero-order valence-corrected chi connectivity index (χ0v) is 22.3. The number of benzene rings is 2. The maximum Gasteiger partial charge on any atom is 0.310 e. The number of hydrogen-bond acceptors (Lipinski definition) is 7. The number of carbonyl (C=O) groups excluding carboxylic acids is 2. The molecule has 1 aliphatic heterocycles. The van der Waals surface area contributed by atoms with E-state index in [1.165, 1.54) is 16.3 Å². The summed E-state index contributed by atoms with van der Waals surface area (Å²) in [6.45, 7) is -0.351. The molecule has 1 fully saturated rings. The molecule has 5 rings (SSSR count). The second-order valence-electron chi connectivity index (χ2n) is 9.35. The number of hydrogen-bond donors (Lipinski definition) is 0. The Balaban J connectivity index is 1.41. The number of fused-ring (bicyclic) bond motifs is 1. The highest BCUT2D eigenvalue weighted by atomic mass is 32.1. The van der Waals surface area contributed by atoms with Crippen molar-refractivity contribution in [2.75, 3.05) is 20.8 Å². The lowest BCUT2D eigenvalue weighted by Crippen LogP contribution is -2.34. The van der Waals surface area contributed by atoms with E-state index in [2.05, 4.69) is 6.08 Å². The Kier molecular flexibility index (Phi) is 7.89. The lowest BCUT2D eigenvalue weighted by Gasteiger charge is -2.29. The quantitative estimate of drug-likeness (QED) is 0.351. The third-order valence-electron chi connectivity index (χ3n) is 6.96. The Morgan fingerprint density at radius 3 is 2.39 bits per heavy atom. The van der Waals surface area contributed by atoms with Gasteiger partial charge in [0.1, 0.15) is 11.5 Å². The van der Waals surface area contributed by atoms with Crippen LogP contribution in [0.4, 0.5) is 0 Å². The largest absolute Gasteiger partial charge is 0.497 e. The van der Waals surface area contributed by atoms with Crippen LogP contribution in [0, 0.1) is 5.92 Å². The van der Waals surface area contributed by atoms with Gasteiger partial charge in [0.25, 0.3) is 5.91 Å². The molecule has 2 atom stereocenters. The van der Waals surface area contributed by atoms with Gasteiger partial charge in [0.15, 0.2) is 6.61 Å². The minimum atomic E-state index is -0.429. The highest BCUT2D eigenvalue weighted by Crippen LogP contribution is 2.44. The molecule has 1 saturated carbocycles. The molecule has 1 amide bonds. The van der Waals surface area contributed by atoms with Crippen LogP contribution in [0.15, 0.2) is 76.0 Å². The second kappa shape index (κ2) is 11.6. The molecule has 2 aromatic carbocycles. The number of esters is 1. The second-order valence-corrected chi connectivity index (χ2v) is 10.1. The molecule has 8 heteroatoms. The van der Waals surface area contributed by atoms with Crippen molar-refractivity contribution >= 4 is 35.0 Å². The Morgan fingerprint density at radius 2 is 1.74 bits per heavy atom. The van der Waals surface area contributed by atoms with E-state index in [4.69, 9.17) is 19.3 Å². The van der Waals surface area contributed by atoms with Crippen LogP contribution in [-0.4, -0.2) is 43.4 Å². The minimum Gasteiger partial charge on any atom is -0.497 e. The molecule has 0 N–H and O–H groups in total. The van der Waals surface area contributed by atoms with Gasteiger partial charge in [-0.15, -0.1) is 0 Å². The Bertz CT molecular complexity index is 1330. The standard InChI is InChI=1S/C30H30N2O5S/c1-35-24-10-6-20(7-11-24)16-23-4-3-5-26-29(23)31-32(30(26)22-8-12-25(36-2)13-9-22)27(33)18-37-28(34)17-21-14-15-38-19-21/h6-16,19,26,30H,3-5,17-18H2,1-2H3. The normalized spacial score (nSPS) is 19.6. The average molecular weight is 531 g/mol. The third-order valence-corrected chi connectivity index (χ3v) is 7.69. The molecule has 38 heavy (non-hydrogen) atoms. The first-order valence-electron chi connectivity index (χ1n) is 12.6. The van der Waals surface area contributed by atoms with Gasteiger partial charge in [0, 0.05) is 5.92 Å². The van der Waals surface area contributed by atoms with Crippen LogP contribution in [0.1, 0.15) is 42.0 Å². The first-order valence-corrected chi connectivity index (χ1v) is 13.6. The number of amides is 1. The van der Waals surface area contributed by atoms with Crippen molar-refractivity contribution in [2.24, 2.45) is 11.0 Å². The smallest absolute Gasteiger partial charge is 0.310 e. The molecule has 0 spiro atoms. The van der Waals surface area contributed by atoms with Crippen molar-refractivity contribution in [2.45, 2.75) is 31.7 Å². The van der Waals surface area contributed by atoms with Gasteiger partial charge in [-0.05, 0) is 88.7 Å². The molecule has 2 aliphatic rings. The highest BCUT2D eigenvalue weighted by Gasteiger charge is 2.43. The molecule has 0 saturated heterocycles. The SMILES string of the molecule is COc1ccc(C=C2CCCC3C2=NN(C(=O)COC(=O)Cc2ccsc2)C3c2ccc(OC)cc2)cc1. The minimum absolute atomic E-state index is 0.0482. The Morgan fingerprint density at radius 1 is 1.03 bits per heavy atom. The molecule has 0 radical (unpaired) electrons. The number of carbonyl (C=O) groups is 2. The molecule has 1 aliphatic carbocycles. The predicted octanol–water partition coefficient (Wildman–Crippen LogP) is 5.67. The van der Waals surface area contributed by atoms with Crippen molar-refractivity contribution in [3.63, 3.8) is 0 Å². The summed E-state index contributed by atoms with van der Waals surface area (Å²) in [5, 5.41) is 10.2. The first-order chi connectivity index (χ1) is 18.6. The zero-order valence-electron chi connectivity index (χ0n) is 21.5. The number of nitrogens with zero attached hydrogens (tertiary/aromatic N) is 2. The van der Waals surface area contributed by atoms with Crippen LogP contribution in [0.3, 0.4) is 0 Å². The summed E-state index contributed by atoms with van der Waals surface area (Å²) >= 11 is 1.52. The van der Waals surface area contributed by atoms with Gasteiger partial charge in [-0.3, -0.25) is 9.59 Å².